The van der Waals surface area contributed by atoms with Crippen LogP contribution < -0.4 is 14.8 Å². The van der Waals surface area contributed by atoms with Crippen LogP contribution in [0, 0.1) is 5.92 Å². The third kappa shape index (κ3) is 6.49. The van der Waals surface area contributed by atoms with Crippen LogP contribution >= 0.6 is 0 Å². The van der Waals surface area contributed by atoms with Crippen molar-refractivity contribution in [1.29, 1.82) is 0 Å². The normalized spacial score (nSPS) is 21.0. The number of rotatable bonds is 10. The SMILES string of the molecule is O=Cc1ccc(OCCOc2cccc(C(NC(=O)O[C@H]3CN4CCC3CC4)c3ccccc3)c2)cc1. The van der Waals surface area contributed by atoms with Crippen molar-refractivity contribution in [2.24, 2.45) is 5.92 Å². The van der Waals surface area contributed by atoms with Crippen LogP contribution in [0.5, 0.6) is 11.5 Å². The Balaban J connectivity index is 1.21. The van der Waals surface area contributed by atoms with Gasteiger partial charge < -0.3 is 19.5 Å². The molecular weight excluding hydrogens is 468 g/mol. The molecule has 1 amide bonds. The molecule has 1 unspecified atom stereocenters. The van der Waals surface area contributed by atoms with Crippen molar-refractivity contribution >= 4 is 12.4 Å². The van der Waals surface area contributed by atoms with E-state index in [9.17, 15) is 9.59 Å². The minimum Gasteiger partial charge on any atom is -0.490 e. The van der Waals surface area contributed by atoms with Crippen molar-refractivity contribution in [2.45, 2.75) is 25.0 Å². The lowest BCUT2D eigenvalue weighted by atomic mass is 9.86. The van der Waals surface area contributed by atoms with Crippen molar-refractivity contribution in [3.63, 3.8) is 0 Å². The Hall–Kier alpha value is -3.84. The molecule has 3 fully saturated rings. The smallest absolute Gasteiger partial charge is 0.408 e. The van der Waals surface area contributed by atoms with Gasteiger partial charge in [-0.15, -0.1) is 0 Å². The number of benzene rings is 3. The minimum atomic E-state index is -0.395. The number of hydrogen-bond donors (Lipinski definition) is 1. The minimum absolute atomic E-state index is 0.0526. The standard InChI is InChI=1S/C30H32N2O5/c33-21-22-9-11-26(12-10-22)35-17-18-36-27-8-4-7-25(19-27)29(24-5-2-1-3-6-24)31-30(34)37-28-20-32-15-13-23(28)14-16-32/h1-12,19,21,23,28-29H,13-18,20H2,(H,31,34)/t28-,29?/m0/s1. The van der Waals surface area contributed by atoms with Gasteiger partial charge in [-0.05, 0) is 79.4 Å². The molecule has 37 heavy (non-hydrogen) atoms. The monoisotopic (exact) mass is 500 g/mol. The number of aldehydes is 1. The van der Waals surface area contributed by atoms with Crippen molar-refractivity contribution in [1.82, 2.24) is 10.2 Å². The van der Waals surface area contributed by atoms with E-state index in [1.54, 1.807) is 24.3 Å². The molecule has 3 saturated heterocycles. The number of piperidine rings is 3. The number of amides is 1. The van der Waals surface area contributed by atoms with Gasteiger partial charge in [-0.25, -0.2) is 4.79 Å². The maximum absolute atomic E-state index is 13.0. The molecule has 0 aromatic heterocycles. The Kier molecular flexibility index (Phi) is 8.01. The zero-order valence-corrected chi connectivity index (χ0v) is 20.8. The highest BCUT2D eigenvalue weighted by Gasteiger charge is 2.36. The zero-order chi connectivity index (χ0) is 25.5. The van der Waals surface area contributed by atoms with E-state index < -0.39 is 6.09 Å². The van der Waals surface area contributed by atoms with Crippen molar-refractivity contribution in [3.05, 3.63) is 95.6 Å². The molecule has 2 atom stereocenters. The highest BCUT2D eigenvalue weighted by atomic mass is 16.6. The van der Waals surface area contributed by atoms with E-state index in [1.807, 2.05) is 54.6 Å². The lowest BCUT2D eigenvalue weighted by Crippen LogP contribution is -2.52. The third-order valence-corrected chi connectivity index (χ3v) is 7.08. The van der Waals surface area contributed by atoms with E-state index >= 15 is 0 Å². The number of carbonyl (C=O) groups is 2. The van der Waals surface area contributed by atoms with Gasteiger partial charge in [0.1, 0.15) is 37.1 Å². The number of nitrogens with one attached hydrogen (secondary N) is 1. The fourth-order valence-electron chi connectivity index (χ4n) is 5.08. The first-order chi connectivity index (χ1) is 18.2. The molecule has 3 aromatic carbocycles. The molecule has 7 nitrogen and oxygen atoms in total. The van der Waals surface area contributed by atoms with Gasteiger partial charge in [0.2, 0.25) is 0 Å². The molecule has 6 rings (SSSR count). The van der Waals surface area contributed by atoms with Gasteiger partial charge in [0.05, 0.1) is 6.04 Å². The second kappa shape index (κ2) is 11.9. The summed E-state index contributed by atoms with van der Waals surface area (Å²) in [7, 11) is 0. The summed E-state index contributed by atoms with van der Waals surface area (Å²) in [5.41, 5.74) is 2.47. The Morgan fingerprint density at radius 1 is 0.892 bits per heavy atom. The largest absolute Gasteiger partial charge is 0.490 e. The van der Waals surface area contributed by atoms with Gasteiger partial charge >= 0.3 is 6.09 Å². The molecule has 0 saturated carbocycles. The summed E-state index contributed by atoms with van der Waals surface area (Å²) in [6.07, 6.45) is 2.53. The van der Waals surface area contributed by atoms with Crippen LogP contribution in [0.2, 0.25) is 0 Å². The van der Waals surface area contributed by atoms with Crippen LogP contribution in [0.4, 0.5) is 4.79 Å². The summed E-state index contributed by atoms with van der Waals surface area (Å²) in [5, 5.41) is 3.10. The molecule has 0 spiro atoms. The number of fused-ring (bicyclic) bond motifs is 3. The van der Waals surface area contributed by atoms with E-state index in [-0.39, 0.29) is 12.1 Å². The van der Waals surface area contributed by atoms with Gasteiger partial charge in [0.25, 0.3) is 0 Å². The number of carbonyl (C=O) groups excluding carboxylic acids is 2. The zero-order valence-electron chi connectivity index (χ0n) is 20.8. The van der Waals surface area contributed by atoms with Crippen molar-refractivity contribution in [2.75, 3.05) is 32.8 Å². The average Bonchev–Trinajstić information content (AvgIpc) is 2.96. The van der Waals surface area contributed by atoms with Gasteiger partial charge in [-0.1, -0.05) is 42.5 Å². The molecule has 1 N–H and O–H groups in total. The molecular formula is C30H32N2O5. The summed E-state index contributed by atoms with van der Waals surface area (Å²) < 4.78 is 17.5. The summed E-state index contributed by atoms with van der Waals surface area (Å²) in [4.78, 5) is 26.2. The van der Waals surface area contributed by atoms with Crippen LogP contribution in [0.15, 0.2) is 78.9 Å². The van der Waals surface area contributed by atoms with Crippen LogP contribution in [-0.4, -0.2) is 56.2 Å². The number of ether oxygens (including phenoxy) is 3. The second-order valence-corrected chi connectivity index (χ2v) is 9.53. The molecule has 2 bridgehead atoms. The van der Waals surface area contributed by atoms with E-state index in [4.69, 9.17) is 14.2 Å². The third-order valence-electron chi connectivity index (χ3n) is 7.08. The maximum atomic E-state index is 13.0. The van der Waals surface area contributed by atoms with Gasteiger partial charge in [0, 0.05) is 12.1 Å². The fraction of sp³-hybridized carbons (Fsp3) is 0.333. The first kappa shape index (κ1) is 24.8. The Morgan fingerprint density at radius 3 is 2.27 bits per heavy atom. The molecule has 3 heterocycles. The maximum Gasteiger partial charge on any atom is 0.408 e. The van der Waals surface area contributed by atoms with E-state index in [2.05, 4.69) is 10.2 Å². The van der Waals surface area contributed by atoms with Crippen LogP contribution in [0.1, 0.15) is 40.4 Å². The van der Waals surface area contributed by atoms with E-state index in [0.29, 0.717) is 36.2 Å². The first-order valence-corrected chi connectivity index (χ1v) is 12.8. The van der Waals surface area contributed by atoms with Crippen LogP contribution in [-0.2, 0) is 4.74 Å². The fourth-order valence-corrected chi connectivity index (χ4v) is 5.08. The van der Waals surface area contributed by atoms with Crippen molar-refractivity contribution in [3.8, 4) is 11.5 Å². The van der Waals surface area contributed by atoms with E-state index in [0.717, 1.165) is 49.9 Å². The Morgan fingerprint density at radius 2 is 1.59 bits per heavy atom. The molecule has 3 aliphatic rings. The predicted molar refractivity (Wildman–Crippen MR) is 140 cm³/mol. The lowest BCUT2D eigenvalue weighted by Gasteiger charge is -2.43. The molecule has 3 aromatic rings. The summed E-state index contributed by atoms with van der Waals surface area (Å²) >= 11 is 0. The number of nitrogens with zero attached hydrogens (tertiary/aromatic N) is 1. The van der Waals surface area contributed by atoms with Crippen molar-refractivity contribution < 1.29 is 23.8 Å². The molecule has 0 radical (unpaired) electrons. The summed E-state index contributed by atoms with van der Waals surface area (Å²) in [5.74, 6) is 1.82. The summed E-state index contributed by atoms with van der Waals surface area (Å²) in [6.45, 7) is 3.73. The highest BCUT2D eigenvalue weighted by Crippen LogP contribution is 2.30. The summed E-state index contributed by atoms with van der Waals surface area (Å²) in [6, 6.07) is 24.2. The molecule has 0 aliphatic carbocycles. The second-order valence-electron chi connectivity index (χ2n) is 9.53. The van der Waals surface area contributed by atoms with Gasteiger partial charge in [-0.3, -0.25) is 9.69 Å². The highest BCUT2D eigenvalue weighted by molar-refractivity contribution is 5.74. The van der Waals surface area contributed by atoms with Crippen LogP contribution in [0.25, 0.3) is 0 Å². The Bertz CT molecular complexity index is 1180. The van der Waals surface area contributed by atoms with Crippen LogP contribution in [0.3, 0.4) is 0 Å². The van der Waals surface area contributed by atoms with Gasteiger partial charge in [-0.2, -0.15) is 0 Å². The number of alkyl carbamates (subject to hydrolysis) is 1. The molecule has 3 aliphatic heterocycles. The number of hydrogen-bond acceptors (Lipinski definition) is 6. The first-order valence-electron chi connectivity index (χ1n) is 12.8. The molecule has 7 heteroatoms. The quantitative estimate of drug-likeness (QED) is 0.316. The Labute approximate surface area is 217 Å². The predicted octanol–water partition coefficient (Wildman–Crippen LogP) is 4.87. The van der Waals surface area contributed by atoms with E-state index in [1.165, 1.54) is 0 Å². The topological polar surface area (TPSA) is 77.1 Å². The average molecular weight is 501 g/mol. The lowest BCUT2D eigenvalue weighted by molar-refractivity contribution is -0.0336. The van der Waals surface area contributed by atoms with Gasteiger partial charge in [0.15, 0.2) is 0 Å². The molecule has 192 valence electrons.